The smallest absolute Gasteiger partial charge is 0.234 e. The van der Waals surface area contributed by atoms with Crippen LogP contribution in [-0.4, -0.2) is 25.0 Å². The Kier molecular flexibility index (Phi) is 7.33. The van der Waals surface area contributed by atoms with Crippen molar-refractivity contribution in [3.05, 3.63) is 0 Å². The zero-order valence-electron chi connectivity index (χ0n) is 12.3. The molecule has 0 aromatic rings. The van der Waals surface area contributed by atoms with Gasteiger partial charge in [-0.1, -0.05) is 39.5 Å². The summed E-state index contributed by atoms with van der Waals surface area (Å²) in [5.41, 5.74) is 0. The summed E-state index contributed by atoms with van der Waals surface area (Å²) in [4.78, 5) is 11.5. The average Bonchev–Trinajstić information content (AvgIpc) is 2.36. The minimum Gasteiger partial charge on any atom is -0.353 e. The van der Waals surface area contributed by atoms with Crippen LogP contribution < -0.4 is 10.6 Å². The average molecular weight is 254 g/mol. The number of nitrogens with one attached hydrogen (secondary N) is 2. The first-order valence-electron chi connectivity index (χ1n) is 7.61. The predicted molar refractivity (Wildman–Crippen MR) is 76.5 cm³/mol. The maximum absolute atomic E-state index is 11.5. The number of hydrogen-bond acceptors (Lipinski definition) is 2. The van der Waals surface area contributed by atoms with Crippen LogP contribution in [0, 0.1) is 11.8 Å². The van der Waals surface area contributed by atoms with Crippen LogP contribution in [0.15, 0.2) is 0 Å². The molecule has 3 nitrogen and oxygen atoms in total. The summed E-state index contributed by atoms with van der Waals surface area (Å²) in [5.74, 6) is 1.93. The molecule has 1 unspecified atom stereocenters. The van der Waals surface area contributed by atoms with Gasteiger partial charge in [-0.25, -0.2) is 0 Å². The largest absolute Gasteiger partial charge is 0.353 e. The molecule has 0 saturated heterocycles. The molecule has 1 aliphatic carbocycles. The van der Waals surface area contributed by atoms with E-state index in [4.69, 9.17) is 0 Å². The Morgan fingerprint density at radius 1 is 1.28 bits per heavy atom. The van der Waals surface area contributed by atoms with E-state index in [-0.39, 0.29) is 5.91 Å². The Morgan fingerprint density at radius 3 is 2.56 bits per heavy atom. The second-order valence-corrected chi connectivity index (χ2v) is 5.97. The molecular formula is C15H30N2O. The number of carbonyl (C=O) groups is 1. The summed E-state index contributed by atoms with van der Waals surface area (Å²) in [6.07, 6.45) is 7.75. The van der Waals surface area contributed by atoms with Crippen LogP contribution in [0.3, 0.4) is 0 Å². The summed E-state index contributed by atoms with van der Waals surface area (Å²) in [6, 6.07) is 0.291. The summed E-state index contributed by atoms with van der Waals surface area (Å²) in [5, 5.41) is 6.23. The van der Waals surface area contributed by atoms with Crippen molar-refractivity contribution in [2.75, 3.05) is 13.1 Å². The number of hydrogen-bond donors (Lipinski definition) is 2. The molecule has 0 aromatic heterocycles. The Morgan fingerprint density at radius 2 is 1.94 bits per heavy atom. The van der Waals surface area contributed by atoms with E-state index in [1.165, 1.54) is 32.1 Å². The van der Waals surface area contributed by atoms with E-state index in [1.54, 1.807) is 0 Å². The lowest BCUT2D eigenvalue weighted by molar-refractivity contribution is -0.120. The number of rotatable bonds is 7. The fourth-order valence-corrected chi connectivity index (χ4v) is 2.55. The van der Waals surface area contributed by atoms with Gasteiger partial charge in [-0.15, -0.1) is 0 Å². The third-order valence-corrected chi connectivity index (χ3v) is 4.17. The summed E-state index contributed by atoms with van der Waals surface area (Å²) in [7, 11) is 0. The zero-order valence-corrected chi connectivity index (χ0v) is 12.3. The van der Waals surface area contributed by atoms with Crippen molar-refractivity contribution < 1.29 is 4.79 Å². The molecule has 1 fully saturated rings. The highest BCUT2D eigenvalue weighted by Crippen LogP contribution is 2.29. The van der Waals surface area contributed by atoms with Crippen molar-refractivity contribution in [1.29, 1.82) is 0 Å². The summed E-state index contributed by atoms with van der Waals surface area (Å²) in [6.45, 7) is 7.93. The van der Waals surface area contributed by atoms with E-state index in [0.717, 1.165) is 24.8 Å². The number of carbonyl (C=O) groups excluding carboxylic acids is 1. The van der Waals surface area contributed by atoms with Gasteiger partial charge in [0.15, 0.2) is 0 Å². The fourth-order valence-electron chi connectivity index (χ4n) is 2.55. The van der Waals surface area contributed by atoms with Gasteiger partial charge in [0.25, 0.3) is 0 Å². The maximum Gasteiger partial charge on any atom is 0.234 e. The lowest BCUT2D eigenvalue weighted by atomic mass is 9.81. The quantitative estimate of drug-likeness (QED) is 0.686. The molecule has 1 rings (SSSR count). The Balaban J connectivity index is 1.99. The van der Waals surface area contributed by atoms with Gasteiger partial charge in [-0.3, -0.25) is 4.79 Å². The minimum absolute atomic E-state index is 0.126. The molecule has 1 atom stereocenters. The van der Waals surface area contributed by atoms with Gasteiger partial charge in [-0.2, -0.15) is 0 Å². The molecule has 2 N–H and O–H groups in total. The van der Waals surface area contributed by atoms with Crippen molar-refractivity contribution in [3.63, 3.8) is 0 Å². The third kappa shape index (κ3) is 6.39. The molecule has 0 bridgehead atoms. The molecule has 18 heavy (non-hydrogen) atoms. The minimum atomic E-state index is 0.126. The highest BCUT2D eigenvalue weighted by Gasteiger charge is 2.17. The normalized spacial score (nSPS) is 25.7. The van der Waals surface area contributed by atoms with Crippen LogP contribution in [0.5, 0.6) is 0 Å². The van der Waals surface area contributed by atoms with E-state index in [2.05, 4.69) is 24.5 Å². The SMILES string of the molecule is CCC(C)NC(=O)CNCCC1CCC(C)CC1. The van der Waals surface area contributed by atoms with Gasteiger partial charge in [-0.05, 0) is 38.1 Å². The van der Waals surface area contributed by atoms with Crippen LogP contribution in [0.1, 0.15) is 59.3 Å². The molecule has 0 radical (unpaired) electrons. The zero-order chi connectivity index (χ0) is 13.4. The number of amides is 1. The van der Waals surface area contributed by atoms with Crippen molar-refractivity contribution in [3.8, 4) is 0 Å². The van der Waals surface area contributed by atoms with E-state index >= 15 is 0 Å². The molecule has 0 heterocycles. The highest BCUT2D eigenvalue weighted by molar-refractivity contribution is 5.78. The predicted octanol–water partition coefficient (Wildman–Crippen LogP) is 2.71. The molecule has 1 aliphatic rings. The van der Waals surface area contributed by atoms with E-state index in [1.807, 2.05) is 6.92 Å². The standard InChI is InChI=1S/C15H30N2O/c1-4-13(3)17-15(18)11-16-10-9-14-7-5-12(2)6-8-14/h12-14,16H,4-11H2,1-3H3,(H,17,18). The van der Waals surface area contributed by atoms with Crippen molar-refractivity contribution in [1.82, 2.24) is 10.6 Å². The second kappa shape index (κ2) is 8.52. The molecule has 0 aliphatic heterocycles. The molecule has 1 amide bonds. The van der Waals surface area contributed by atoms with Gasteiger partial charge in [0.1, 0.15) is 0 Å². The summed E-state index contributed by atoms with van der Waals surface area (Å²) < 4.78 is 0. The highest BCUT2D eigenvalue weighted by atomic mass is 16.1. The molecule has 0 aromatic carbocycles. The Hall–Kier alpha value is -0.570. The van der Waals surface area contributed by atoms with E-state index < -0.39 is 0 Å². The van der Waals surface area contributed by atoms with Gasteiger partial charge in [0.2, 0.25) is 5.91 Å². The Bertz CT molecular complexity index is 235. The monoisotopic (exact) mass is 254 g/mol. The second-order valence-electron chi connectivity index (χ2n) is 5.97. The van der Waals surface area contributed by atoms with Crippen LogP contribution in [0.2, 0.25) is 0 Å². The molecule has 0 spiro atoms. The lowest BCUT2D eigenvalue weighted by Gasteiger charge is -2.26. The van der Waals surface area contributed by atoms with Crippen molar-refractivity contribution in [2.24, 2.45) is 11.8 Å². The van der Waals surface area contributed by atoms with Crippen LogP contribution in [-0.2, 0) is 4.79 Å². The lowest BCUT2D eigenvalue weighted by Crippen LogP contribution is -2.39. The van der Waals surface area contributed by atoms with Crippen LogP contribution in [0.4, 0.5) is 0 Å². The van der Waals surface area contributed by atoms with Crippen molar-refractivity contribution >= 4 is 5.91 Å². The van der Waals surface area contributed by atoms with Gasteiger partial charge >= 0.3 is 0 Å². The van der Waals surface area contributed by atoms with Gasteiger partial charge < -0.3 is 10.6 Å². The van der Waals surface area contributed by atoms with E-state index in [9.17, 15) is 4.79 Å². The first-order chi connectivity index (χ1) is 8.61. The maximum atomic E-state index is 11.5. The first kappa shape index (κ1) is 15.5. The molecule has 106 valence electrons. The van der Waals surface area contributed by atoms with Crippen LogP contribution in [0.25, 0.3) is 0 Å². The molecule has 1 saturated carbocycles. The third-order valence-electron chi connectivity index (χ3n) is 4.17. The van der Waals surface area contributed by atoms with E-state index in [0.29, 0.717) is 12.6 Å². The molecule has 3 heteroatoms. The van der Waals surface area contributed by atoms with Gasteiger partial charge in [0.05, 0.1) is 6.54 Å². The van der Waals surface area contributed by atoms with Crippen molar-refractivity contribution in [2.45, 2.75) is 65.3 Å². The van der Waals surface area contributed by atoms with Crippen LogP contribution >= 0.6 is 0 Å². The molecular weight excluding hydrogens is 224 g/mol. The summed E-state index contributed by atoms with van der Waals surface area (Å²) >= 11 is 0. The fraction of sp³-hybridized carbons (Fsp3) is 0.933. The first-order valence-corrected chi connectivity index (χ1v) is 7.61. The Labute approximate surface area is 112 Å². The van der Waals surface area contributed by atoms with Gasteiger partial charge in [0, 0.05) is 6.04 Å². The topological polar surface area (TPSA) is 41.1 Å².